The van der Waals surface area contributed by atoms with Crippen LogP contribution in [0.4, 0.5) is 0 Å². The Bertz CT molecular complexity index is 927. The van der Waals surface area contributed by atoms with E-state index in [1.165, 1.54) is 60.6 Å². The van der Waals surface area contributed by atoms with Crippen LogP contribution in [0.15, 0.2) is 48.5 Å². The first-order chi connectivity index (χ1) is 12.0. The van der Waals surface area contributed by atoms with Gasteiger partial charge in [0.1, 0.15) is 0 Å². The molecule has 0 aliphatic rings. The number of halogens is 2. The number of benzene rings is 2. The van der Waals surface area contributed by atoms with E-state index in [1.807, 2.05) is 0 Å². The second kappa shape index (κ2) is 10.0. The molecule has 4 aromatic carbocycles. The quantitative estimate of drug-likeness (QED) is 0.180. The first-order valence-corrected chi connectivity index (χ1v) is 10.6. The maximum absolute atomic E-state index is 2.45. The first kappa shape index (κ1) is 25.6. The van der Waals surface area contributed by atoms with Gasteiger partial charge in [-0.1, -0.05) is 52.0 Å². The molecule has 0 N–H and O–H groups in total. The molecule has 0 nitrogen and oxygen atoms in total. The number of hydrogen-bond donors (Lipinski definition) is 0. The standard InChI is InChI=1S/C24H25P.2ClH.Hf/c1-6-25(19-11-21-15(2)7-8-16(3)22(21)12-19)20-13-23-17(4)9-10-18(5)24(23)14-20;;;/h7-14H,6H2,1-5H3;2*1H;/q-2;;;+4/p-2. The van der Waals surface area contributed by atoms with Crippen LogP contribution in [0.5, 0.6) is 0 Å². The Morgan fingerprint density at radius 1 is 0.679 bits per heavy atom. The van der Waals surface area contributed by atoms with Crippen LogP contribution in [-0.4, -0.2) is 6.16 Å². The van der Waals surface area contributed by atoms with Gasteiger partial charge in [0.2, 0.25) is 0 Å². The van der Waals surface area contributed by atoms with Crippen molar-refractivity contribution in [2.75, 3.05) is 6.16 Å². The third-order valence-electron chi connectivity index (χ3n) is 5.55. The predicted octanol–water partition coefficient (Wildman–Crippen LogP) is 0.123. The van der Waals surface area contributed by atoms with Crippen LogP contribution in [0.1, 0.15) is 29.2 Å². The van der Waals surface area contributed by atoms with Crippen LogP contribution in [0, 0.1) is 27.7 Å². The molecule has 0 aromatic heterocycles. The zero-order valence-electron chi connectivity index (χ0n) is 17.0. The van der Waals surface area contributed by atoms with Gasteiger partial charge in [0.05, 0.1) is 0 Å². The van der Waals surface area contributed by atoms with Gasteiger partial charge >= 0.3 is 25.8 Å². The van der Waals surface area contributed by atoms with Gasteiger partial charge in [-0.25, -0.2) is 0 Å². The van der Waals surface area contributed by atoms with Gasteiger partial charge in [-0.3, -0.25) is 0 Å². The molecule has 0 fully saturated rings. The van der Waals surface area contributed by atoms with Gasteiger partial charge in [-0.2, -0.15) is 12.1 Å². The summed E-state index contributed by atoms with van der Waals surface area (Å²) in [4.78, 5) is 0. The summed E-state index contributed by atoms with van der Waals surface area (Å²) in [7, 11) is -0.292. The summed E-state index contributed by atoms with van der Waals surface area (Å²) in [5, 5.41) is 8.77. The topological polar surface area (TPSA) is 0 Å². The van der Waals surface area contributed by atoms with Crippen molar-refractivity contribution < 1.29 is 50.7 Å². The molecule has 0 heterocycles. The maximum Gasteiger partial charge on any atom is 4.00 e. The van der Waals surface area contributed by atoms with E-state index >= 15 is 0 Å². The van der Waals surface area contributed by atoms with Gasteiger partial charge in [0.15, 0.2) is 0 Å². The number of fused-ring (bicyclic) bond motifs is 2. The van der Waals surface area contributed by atoms with Crippen molar-refractivity contribution in [3.8, 4) is 0 Å². The van der Waals surface area contributed by atoms with E-state index in [1.54, 1.807) is 0 Å². The molecule has 4 heteroatoms. The molecule has 0 saturated carbocycles. The fraction of sp³-hybridized carbons (Fsp3) is 0.250. The van der Waals surface area contributed by atoms with Gasteiger partial charge in [-0.15, -0.1) is 67.5 Å². The summed E-state index contributed by atoms with van der Waals surface area (Å²) < 4.78 is 0. The predicted molar refractivity (Wildman–Crippen MR) is 115 cm³/mol. The van der Waals surface area contributed by atoms with Crippen molar-refractivity contribution in [3.63, 3.8) is 0 Å². The van der Waals surface area contributed by atoms with E-state index in [9.17, 15) is 0 Å². The van der Waals surface area contributed by atoms with Gasteiger partial charge in [0, 0.05) is 0 Å². The first-order valence-electron chi connectivity index (χ1n) is 9.10. The van der Waals surface area contributed by atoms with Crippen molar-refractivity contribution in [2.45, 2.75) is 34.6 Å². The van der Waals surface area contributed by atoms with Crippen LogP contribution >= 0.6 is 7.92 Å². The number of aryl methyl sites for hydroxylation is 4. The Balaban J connectivity index is 0.00000131. The Morgan fingerprint density at radius 2 is 1.04 bits per heavy atom. The normalized spacial score (nSPS) is 10.6. The minimum absolute atomic E-state index is 0. The van der Waals surface area contributed by atoms with Gasteiger partial charge < -0.3 is 24.8 Å². The monoisotopic (exact) mass is 594 g/mol. The van der Waals surface area contributed by atoms with Crippen LogP contribution in [0.25, 0.3) is 21.5 Å². The summed E-state index contributed by atoms with van der Waals surface area (Å²) in [5.74, 6) is 0. The fourth-order valence-electron chi connectivity index (χ4n) is 3.98. The molecule has 0 bridgehead atoms. The molecule has 0 aliphatic carbocycles. The molecule has 4 rings (SSSR count). The molecule has 0 amide bonds. The zero-order chi connectivity index (χ0) is 17.7. The van der Waals surface area contributed by atoms with Crippen molar-refractivity contribution in [1.29, 1.82) is 0 Å². The SMILES string of the molecule is CCP(c1cc2c(C)ccc(C)c2[cH-]1)c1cc2c(C)ccc(C)c2[cH-]1.[Cl-].[Cl-].[Hf+4]. The maximum atomic E-state index is 2.45. The Kier molecular flexibility index (Phi) is 9.16. The minimum Gasteiger partial charge on any atom is -1.00 e. The summed E-state index contributed by atoms with van der Waals surface area (Å²) in [6.45, 7) is 11.2. The van der Waals surface area contributed by atoms with Crippen molar-refractivity contribution in [2.24, 2.45) is 0 Å². The van der Waals surface area contributed by atoms with E-state index < -0.39 is 0 Å². The Labute approximate surface area is 201 Å². The largest absolute Gasteiger partial charge is 4.00 e. The molecule has 0 atom stereocenters. The molecule has 0 radical (unpaired) electrons. The minimum atomic E-state index is -0.292. The van der Waals surface area contributed by atoms with Gasteiger partial charge in [0.25, 0.3) is 0 Å². The Morgan fingerprint density at radius 3 is 1.36 bits per heavy atom. The van der Waals surface area contributed by atoms with Crippen molar-refractivity contribution >= 4 is 40.1 Å². The summed E-state index contributed by atoms with van der Waals surface area (Å²) in [6.07, 6.45) is 1.19. The average Bonchev–Trinajstić information content (AvgIpc) is 3.22. The molecule has 0 spiro atoms. The van der Waals surface area contributed by atoms with E-state index in [-0.39, 0.29) is 58.6 Å². The van der Waals surface area contributed by atoms with E-state index in [2.05, 4.69) is 83.1 Å². The van der Waals surface area contributed by atoms with Crippen molar-refractivity contribution in [3.05, 3.63) is 70.8 Å². The number of hydrogen-bond acceptors (Lipinski definition) is 0. The van der Waals surface area contributed by atoms with Crippen LogP contribution in [0.2, 0.25) is 0 Å². The second-order valence-electron chi connectivity index (χ2n) is 7.22. The summed E-state index contributed by atoms with van der Waals surface area (Å²) in [6, 6.07) is 18.8. The second-order valence-corrected chi connectivity index (χ2v) is 9.75. The van der Waals surface area contributed by atoms with Crippen LogP contribution < -0.4 is 35.4 Å². The molecular weight excluding hydrogens is 569 g/mol. The van der Waals surface area contributed by atoms with Crippen molar-refractivity contribution in [1.82, 2.24) is 0 Å². The molecule has 0 saturated heterocycles. The molecular formula is C24H25Cl2HfP. The van der Waals surface area contributed by atoms with Gasteiger partial charge in [-0.05, 0) is 20.0 Å². The molecule has 4 aromatic rings. The average molecular weight is 594 g/mol. The van der Waals surface area contributed by atoms with E-state index in [4.69, 9.17) is 0 Å². The molecule has 144 valence electrons. The summed E-state index contributed by atoms with van der Waals surface area (Å²) >= 11 is 0. The van der Waals surface area contributed by atoms with Crippen LogP contribution in [-0.2, 0) is 25.8 Å². The zero-order valence-corrected chi connectivity index (χ0v) is 23.0. The summed E-state index contributed by atoms with van der Waals surface area (Å²) in [5.41, 5.74) is 5.55. The number of rotatable bonds is 3. The van der Waals surface area contributed by atoms with Crippen LogP contribution in [0.3, 0.4) is 0 Å². The molecule has 0 unspecified atom stereocenters. The third kappa shape index (κ3) is 4.34. The Hall–Kier alpha value is -0.460. The third-order valence-corrected chi connectivity index (χ3v) is 7.95. The van der Waals surface area contributed by atoms with E-state index in [0.29, 0.717) is 0 Å². The fourth-order valence-corrected chi connectivity index (χ4v) is 6.14. The molecule has 28 heavy (non-hydrogen) atoms. The molecule has 0 aliphatic heterocycles. The smallest absolute Gasteiger partial charge is 1.00 e. The van der Waals surface area contributed by atoms with E-state index in [0.717, 1.165) is 0 Å².